The van der Waals surface area contributed by atoms with Crippen LogP contribution in [0.15, 0.2) is 48.5 Å². The first-order chi connectivity index (χ1) is 11.8. The highest BCUT2D eigenvalue weighted by atomic mass is 35.5. The molecule has 0 saturated heterocycles. The van der Waals surface area contributed by atoms with E-state index in [0.29, 0.717) is 11.6 Å². The summed E-state index contributed by atoms with van der Waals surface area (Å²) in [7, 11) is 0. The lowest BCUT2D eigenvalue weighted by Crippen LogP contribution is -2.48. The van der Waals surface area contributed by atoms with Crippen LogP contribution in [0.5, 0.6) is 0 Å². The van der Waals surface area contributed by atoms with E-state index < -0.39 is 17.3 Å². The predicted molar refractivity (Wildman–Crippen MR) is 96.7 cm³/mol. The molecule has 0 aliphatic carbocycles. The predicted octanol–water partition coefficient (Wildman–Crippen LogP) is 3.83. The number of aliphatic carboxylic acids is 1. The van der Waals surface area contributed by atoms with Gasteiger partial charge in [0.25, 0.3) is 0 Å². The average Bonchev–Trinajstić information content (AvgIpc) is 2.60. The lowest BCUT2D eigenvalue weighted by atomic mass is 9.81. The fourth-order valence-corrected chi connectivity index (χ4v) is 3.82. The summed E-state index contributed by atoms with van der Waals surface area (Å²) in [6.07, 6.45) is 0. The molecule has 2 aromatic rings. The van der Waals surface area contributed by atoms with E-state index in [2.05, 4.69) is 0 Å². The number of halogens is 1. The Morgan fingerprint density at radius 3 is 2.44 bits per heavy atom. The molecule has 1 atom stereocenters. The molecule has 1 aliphatic heterocycles. The molecule has 1 unspecified atom stereocenters. The molecule has 0 radical (unpaired) electrons. The maximum Gasteiger partial charge on any atom is 0.312 e. The van der Waals surface area contributed by atoms with Gasteiger partial charge in [0.05, 0.1) is 11.3 Å². The van der Waals surface area contributed by atoms with Gasteiger partial charge in [-0.3, -0.25) is 9.59 Å². The van der Waals surface area contributed by atoms with Crippen LogP contribution in [0.25, 0.3) is 0 Å². The molecule has 1 heterocycles. The minimum absolute atomic E-state index is 0.124. The number of rotatable bonds is 3. The summed E-state index contributed by atoms with van der Waals surface area (Å²) >= 11 is 6.29. The quantitative estimate of drug-likeness (QED) is 0.908. The van der Waals surface area contributed by atoms with Gasteiger partial charge >= 0.3 is 5.97 Å². The van der Waals surface area contributed by atoms with E-state index in [1.807, 2.05) is 56.3 Å². The summed E-state index contributed by atoms with van der Waals surface area (Å²) in [6.45, 7) is 4.23. The summed E-state index contributed by atoms with van der Waals surface area (Å²) in [4.78, 5) is 26.6. The number of carbonyl (C=O) groups excluding carboxylic acids is 1. The molecule has 0 aromatic heterocycles. The van der Waals surface area contributed by atoms with E-state index in [4.69, 9.17) is 11.6 Å². The third-order valence-corrected chi connectivity index (χ3v) is 5.19. The fraction of sp³-hybridized carbons (Fsp3) is 0.300. The van der Waals surface area contributed by atoms with Gasteiger partial charge in [0, 0.05) is 18.1 Å². The number of amides is 1. The van der Waals surface area contributed by atoms with Crippen molar-refractivity contribution in [1.82, 2.24) is 4.90 Å². The van der Waals surface area contributed by atoms with Crippen molar-refractivity contribution in [3.8, 4) is 0 Å². The number of carboxylic acid groups (broad SMARTS) is 1. The van der Waals surface area contributed by atoms with Crippen LogP contribution >= 0.6 is 11.6 Å². The van der Waals surface area contributed by atoms with E-state index in [0.717, 1.165) is 16.7 Å². The van der Waals surface area contributed by atoms with Crippen molar-refractivity contribution in [2.45, 2.75) is 31.7 Å². The Morgan fingerprint density at radius 1 is 1.12 bits per heavy atom. The molecule has 5 heteroatoms. The van der Waals surface area contributed by atoms with Crippen molar-refractivity contribution in [2.75, 3.05) is 6.54 Å². The number of nitrogens with zero attached hydrogens (tertiary/aromatic N) is 1. The zero-order valence-corrected chi connectivity index (χ0v) is 15.0. The van der Waals surface area contributed by atoms with Gasteiger partial charge in [0.15, 0.2) is 0 Å². The van der Waals surface area contributed by atoms with Crippen LogP contribution in [0.1, 0.15) is 36.5 Å². The van der Waals surface area contributed by atoms with Crippen molar-refractivity contribution in [2.24, 2.45) is 0 Å². The van der Waals surface area contributed by atoms with Crippen molar-refractivity contribution in [3.63, 3.8) is 0 Å². The summed E-state index contributed by atoms with van der Waals surface area (Å²) in [5.41, 5.74) is 1.57. The largest absolute Gasteiger partial charge is 0.481 e. The van der Waals surface area contributed by atoms with Gasteiger partial charge in [-0.25, -0.2) is 0 Å². The van der Waals surface area contributed by atoms with Gasteiger partial charge in [0.1, 0.15) is 0 Å². The Labute approximate surface area is 152 Å². The lowest BCUT2D eigenvalue weighted by Gasteiger charge is -2.38. The lowest BCUT2D eigenvalue weighted by molar-refractivity contribution is -0.143. The molecule has 1 amide bonds. The van der Waals surface area contributed by atoms with Crippen molar-refractivity contribution in [1.29, 1.82) is 0 Å². The molecular weight excluding hydrogens is 338 g/mol. The van der Waals surface area contributed by atoms with Crippen LogP contribution in [-0.2, 0) is 21.5 Å². The van der Waals surface area contributed by atoms with Crippen LogP contribution in [-0.4, -0.2) is 28.4 Å². The summed E-state index contributed by atoms with van der Waals surface area (Å²) in [5.74, 6) is -1.75. The summed E-state index contributed by atoms with van der Waals surface area (Å²) in [6, 6.07) is 14.7. The molecule has 0 saturated carbocycles. The maximum absolute atomic E-state index is 13.2. The minimum atomic E-state index is -0.916. The molecule has 0 bridgehead atoms. The second kappa shape index (κ2) is 6.52. The van der Waals surface area contributed by atoms with Crippen molar-refractivity contribution < 1.29 is 14.7 Å². The SMILES string of the molecule is CC(C)(C(=O)N1Cc2ccccc2C(C(=O)O)C1)c1ccccc1Cl. The first-order valence-electron chi connectivity index (χ1n) is 8.17. The number of fused-ring (bicyclic) bond motifs is 1. The first-order valence-corrected chi connectivity index (χ1v) is 8.55. The molecule has 2 aromatic carbocycles. The van der Waals surface area contributed by atoms with Gasteiger partial charge in [0.2, 0.25) is 5.91 Å². The third kappa shape index (κ3) is 3.14. The molecule has 4 nitrogen and oxygen atoms in total. The second-order valence-corrected chi connectivity index (χ2v) is 7.29. The number of hydrogen-bond acceptors (Lipinski definition) is 2. The zero-order valence-electron chi connectivity index (χ0n) is 14.2. The molecule has 0 spiro atoms. The fourth-order valence-electron chi connectivity index (χ4n) is 3.45. The standard InChI is InChI=1S/C20H20ClNO3/c1-20(2,16-9-5-6-10-17(16)21)19(25)22-11-13-7-3-4-8-14(13)15(12-22)18(23)24/h3-10,15H,11-12H2,1-2H3,(H,23,24). The summed E-state index contributed by atoms with van der Waals surface area (Å²) < 4.78 is 0. The van der Waals surface area contributed by atoms with E-state index in [-0.39, 0.29) is 12.5 Å². The number of benzene rings is 2. The van der Waals surface area contributed by atoms with Crippen LogP contribution in [0, 0.1) is 0 Å². The summed E-state index contributed by atoms with van der Waals surface area (Å²) in [5, 5.41) is 10.1. The van der Waals surface area contributed by atoms with E-state index in [9.17, 15) is 14.7 Å². The Morgan fingerprint density at radius 2 is 1.76 bits per heavy atom. The smallest absolute Gasteiger partial charge is 0.312 e. The van der Waals surface area contributed by atoms with Crippen LogP contribution in [0.4, 0.5) is 0 Å². The Kier molecular flexibility index (Phi) is 4.56. The van der Waals surface area contributed by atoms with E-state index >= 15 is 0 Å². The monoisotopic (exact) mass is 357 g/mol. The van der Waals surface area contributed by atoms with Gasteiger partial charge in [-0.2, -0.15) is 0 Å². The van der Waals surface area contributed by atoms with Gasteiger partial charge in [-0.1, -0.05) is 54.1 Å². The topological polar surface area (TPSA) is 57.6 Å². The Hall–Kier alpha value is -2.33. The minimum Gasteiger partial charge on any atom is -0.481 e. The molecule has 1 aliphatic rings. The van der Waals surface area contributed by atoms with E-state index in [1.54, 1.807) is 11.0 Å². The highest BCUT2D eigenvalue weighted by Crippen LogP contribution is 2.35. The highest BCUT2D eigenvalue weighted by Gasteiger charge is 2.39. The van der Waals surface area contributed by atoms with Crippen LogP contribution in [0.2, 0.25) is 5.02 Å². The molecule has 3 rings (SSSR count). The van der Waals surface area contributed by atoms with Crippen LogP contribution in [0.3, 0.4) is 0 Å². The van der Waals surface area contributed by atoms with Crippen LogP contribution < -0.4 is 0 Å². The number of carbonyl (C=O) groups is 2. The van der Waals surface area contributed by atoms with Gasteiger partial charge in [-0.05, 0) is 36.6 Å². The van der Waals surface area contributed by atoms with Gasteiger partial charge in [-0.15, -0.1) is 0 Å². The second-order valence-electron chi connectivity index (χ2n) is 6.88. The normalized spacial score (nSPS) is 17.1. The third-order valence-electron chi connectivity index (χ3n) is 4.86. The zero-order chi connectivity index (χ0) is 18.2. The van der Waals surface area contributed by atoms with Crippen molar-refractivity contribution >= 4 is 23.5 Å². The van der Waals surface area contributed by atoms with Crippen molar-refractivity contribution in [3.05, 3.63) is 70.2 Å². The molecule has 130 valence electrons. The number of carboxylic acids is 1. The van der Waals surface area contributed by atoms with Gasteiger partial charge < -0.3 is 10.0 Å². The molecule has 0 fully saturated rings. The Bertz CT molecular complexity index is 831. The average molecular weight is 358 g/mol. The first kappa shape index (κ1) is 17.5. The Balaban J connectivity index is 1.96. The number of hydrogen-bond donors (Lipinski definition) is 1. The molecule has 25 heavy (non-hydrogen) atoms. The molecular formula is C20H20ClNO3. The maximum atomic E-state index is 13.2. The molecule has 1 N–H and O–H groups in total. The highest BCUT2D eigenvalue weighted by molar-refractivity contribution is 6.31. The van der Waals surface area contributed by atoms with E-state index in [1.165, 1.54) is 0 Å².